The summed E-state index contributed by atoms with van der Waals surface area (Å²) < 4.78 is -0.737. The Morgan fingerprint density at radius 3 is 2.00 bits per heavy atom. The quantitative estimate of drug-likeness (QED) is 0.553. The van der Waals surface area contributed by atoms with Crippen molar-refractivity contribution >= 4 is 30.9 Å². The predicted octanol–water partition coefficient (Wildman–Crippen LogP) is 1.57. The number of imide groups is 1. The third-order valence-corrected chi connectivity index (χ3v) is 4.11. The molecular formula is C8H12BNO2S. The van der Waals surface area contributed by atoms with Crippen LogP contribution < -0.4 is 0 Å². The van der Waals surface area contributed by atoms with Gasteiger partial charge >= 0.3 is 0 Å². The number of thioether (sulfide) groups is 1. The van der Waals surface area contributed by atoms with Crippen LogP contribution in [0.4, 0.5) is 4.79 Å². The summed E-state index contributed by atoms with van der Waals surface area (Å²) in [6.07, 6.45) is 0. The highest BCUT2D eigenvalue weighted by atomic mass is 32.2. The molecule has 1 atom stereocenters. The number of hydrogen-bond acceptors (Lipinski definition) is 3. The Hall–Kier alpha value is -0.445. The Morgan fingerprint density at radius 2 is 1.85 bits per heavy atom. The van der Waals surface area contributed by atoms with Crippen molar-refractivity contribution in [2.75, 3.05) is 0 Å². The summed E-state index contributed by atoms with van der Waals surface area (Å²) in [4.78, 5) is 23.5. The van der Waals surface area contributed by atoms with Gasteiger partial charge in [0.25, 0.3) is 5.24 Å². The van der Waals surface area contributed by atoms with Crippen LogP contribution in [0.1, 0.15) is 27.7 Å². The van der Waals surface area contributed by atoms with Crippen LogP contribution in [0.3, 0.4) is 0 Å². The van der Waals surface area contributed by atoms with Crippen molar-refractivity contribution in [2.45, 2.75) is 32.4 Å². The maximum Gasteiger partial charge on any atom is 0.276 e. The molecule has 0 saturated carbocycles. The average Bonchev–Trinajstić information content (AvgIpc) is 2.15. The largest absolute Gasteiger partial charge is 0.330 e. The van der Waals surface area contributed by atoms with Crippen molar-refractivity contribution in [3.05, 3.63) is 0 Å². The zero-order valence-electron chi connectivity index (χ0n) is 8.25. The number of rotatable bonds is 0. The molecule has 3 nitrogen and oxygen atoms in total. The molecule has 0 bridgehead atoms. The minimum atomic E-state index is -0.737. The van der Waals surface area contributed by atoms with Gasteiger partial charge in [0.1, 0.15) is 4.75 Å². The van der Waals surface area contributed by atoms with Crippen molar-refractivity contribution in [1.29, 1.82) is 0 Å². The van der Waals surface area contributed by atoms with Gasteiger partial charge in [-0.2, -0.15) is 0 Å². The van der Waals surface area contributed by atoms with Crippen LogP contribution in [0.25, 0.3) is 0 Å². The topological polar surface area (TPSA) is 37.4 Å². The van der Waals surface area contributed by atoms with E-state index in [9.17, 15) is 9.59 Å². The van der Waals surface area contributed by atoms with Gasteiger partial charge in [0.05, 0.1) is 0 Å². The van der Waals surface area contributed by atoms with Crippen molar-refractivity contribution in [1.82, 2.24) is 4.81 Å². The molecule has 2 amide bonds. The molecule has 1 heterocycles. The SMILES string of the molecule is [B]N1C(=O)SC(C)(C(C)(C)C)C1=O. The number of carbonyl (C=O) groups is 2. The molecule has 1 saturated heterocycles. The first-order chi connectivity index (χ1) is 5.70. The summed E-state index contributed by atoms with van der Waals surface area (Å²) in [5.74, 6) is -0.310. The maximum absolute atomic E-state index is 11.6. The van der Waals surface area contributed by atoms with Gasteiger partial charge < -0.3 is 4.81 Å². The summed E-state index contributed by atoms with van der Waals surface area (Å²) in [5, 5.41) is -0.373. The molecule has 0 aromatic heterocycles. The summed E-state index contributed by atoms with van der Waals surface area (Å²) in [6.45, 7) is 7.52. The van der Waals surface area contributed by atoms with Crippen LogP contribution >= 0.6 is 11.8 Å². The van der Waals surface area contributed by atoms with Crippen LogP contribution in [0.15, 0.2) is 0 Å². The van der Waals surface area contributed by atoms with E-state index in [0.29, 0.717) is 4.81 Å². The molecule has 1 aliphatic heterocycles. The fourth-order valence-corrected chi connectivity index (χ4v) is 2.08. The lowest BCUT2D eigenvalue weighted by Gasteiger charge is -2.34. The van der Waals surface area contributed by atoms with Crippen molar-refractivity contribution in [2.24, 2.45) is 5.41 Å². The molecule has 0 aliphatic carbocycles. The normalized spacial score (nSPS) is 30.0. The van der Waals surface area contributed by atoms with Gasteiger partial charge in [0, 0.05) is 0 Å². The van der Waals surface area contributed by atoms with E-state index in [4.69, 9.17) is 7.98 Å². The smallest absolute Gasteiger partial charge is 0.276 e. The summed E-state index contributed by atoms with van der Waals surface area (Å²) in [6, 6.07) is 0. The standard InChI is InChI=1S/C8H12BNO2S/c1-7(2,3)8(4)5(11)10(9)6(12)13-8/h1-4H3. The number of hydrogen-bond donors (Lipinski definition) is 0. The number of amides is 2. The lowest BCUT2D eigenvalue weighted by molar-refractivity contribution is -0.128. The number of carbonyl (C=O) groups excluding carboxylic acids is 2. The predicted molar refractivity (Wildman–Crippen MR) is 53.4 cm³/mol. The van der Waals surface area contributed by atoms with Gasteiger partial charge in [-0.1, -0.05) is 20.8 Å². The molecule has 5 heteroatoms. The van der Waals surface area contributed by atoms with Gasteiger partial charge in [-0.15, -0.1) is 0 Å². The van der Waals surface area contributed by atoms with Gasteiger partial charge in [0.2, 0.25) is 13.9 Å². The lowest BCUT2D eigenvalue weighted by Crippen LogP contribution is -2.45. The van der Waals surface area contributed by atoms with Crippen molar-refractivity contribution in [3.8, 4) is 0 Å². The molecule has 1 aliphatic rings. The Kier molecular flexibility index (Phi) is 2.27. The van der Waals surface area contributed by atoms with Crippen LogP contribution in [0.2, 0.25) is 0 Å². The highest BCUT2D eigenvalue weighted by Gasteiger charge is 2.54. The first-order valence-electron chi connectivity index (χ1n) is 4.02. The molecule has 70 valence electrons. The highest BCUT2D eigenvalue weighted by Crippen LogP contribution is 2.47. The van der Waals surface area contributed by atoms with Crippen LogP contribution in [0.5, 0.6) is 0 Å². The van der Waals surface area contributed by atoms with Crippen LogP contribution in [0, 0.1) is 5.41 Å². The zero-order chi connectivity index (χ0) is 10.4. The molecular weight excluding hydrogens is 185 g/mol. The first kappa shape index (κ1) is 10.6. The van der Waals surface area contributed by atoms with Gasteiger partial charge in [-0.05, 0) is 24.1 Å². The zero-order valence-corrected chi connectivity index (χ0v) is 9.07. The van der Waals surface area contributed by atoms with E-state index in [1.165, 1.54) is 0 Å². The summed E-state index contributed by atoms with van der Waals surface area (Å²) in [7, 11) is 5.31. The lowest BCUT2D eigenvalue weighted by atomic mass is 9.80. The van der Waals surface area contributed by atoms with E-state index in [-0.39, 0.29) is 16.6 Å². The molecule has 2 radical (unpaired) electrons. The Labute approximate surface area is 83.7 Å². The third kappa shape index (κ3) is 1.39. The molecule has 1 unspecified atom stereocenters. The minimum absolute atomic E-state index is 0.279. The van der Waals surface area contributed by atoms with Crippen molar-refractivity contribution < 1.29 is 9.59 Å². The Morgan fingerprint density at radius 1 is 1.38 bits per heavy atom. The molecule has 0 spiro atoms. The fraction of sp³-hybridized carbons (Fsp3) is 0.750. The monoisotopic (exact) mass is 197 g/mol. The molecule has 0 aromatic rings. The van der Waals surface area contributed by atoms with E-state index in [1.807, 2.05) is 20.8 Å². The van der Waals surface area contributed by atoms with Crippen molar-refractivity contribution in [3.63, 3.8) is 0 Å². The van der Waals surface area contributed by atoms with E-state index in [2.05, 4.69) is 0 Å². The minimum Gasteiger partial charge on any atom is -0.330 e. The van der Waals surface area contributed by atoms with E-state index in [0.717, 1.165) is 11.8 Å². The first-order valence-corrected chi connectivity index (χ1v) is 4.84. The molecule has 1 rings (SSSR count). The second-order valence-electron chi connectivity index (χ2n) is 4.33. The van der Waals surface area contributed by atoms with Gasteiger partial charge in [-0.25, -0.2) is 0 Å². The van der Waals surface area contributed by atoms with E-state index in [1.54, 1.807) is 6.92 Å². The second kappa shape index (κ2) is 2.77. The second-order valence-corrected chi connectivity index (χ2v) is 5.70. The van der Waals surface area contributed by atoms with Gasteiger partial charge in [-0.3, -0.25) is 9.59 Å². The fourth-order valence-electron chi connectivity index (χ4n) is 1.05. The highest BCUT2D eigenvalue weighted by molar-refractivity contribution is 8.16. The molecule has 0 aromatic carbocycles. The van der Waals surface area contributed by atoms with E-state index < -0.39 is 4.75 Å². The van der Waals surface area contributed by atoms with E-state index >= 15 is 0 Å². The third-order valence-electron chi connectivity index (χ3n) is 2.55. The molecule has 1 fully saturated rings. The maximum atomic E-state index is 11.6. The summed E-state index contributed by atoms with van der Waals surface area (Å²) >= 11 is 1.00. The number of nitrogens with zero attached hydrogens (tertiary/aromatic N) is 1. The average molecular weight is 197 g/mol. The van der Waals surface area contributed by atoms with Gasteiger partial charge in [0.15, 0.2) is 0 Å². The molecule has 13 heavy (non-hydrogen) atoms. The van der Waals surface area contributed by atoms with Crippen LogP contribution in [-0.2, 0) is 4.79 Å². The Bertz CT molecular complexity index is 274. The Balaban J connectivity index is 3.09. The molecule has 0 N–H and O–H groups in total. The summed E-state index contributed by atoms with van der Waals surface area (Å²) in [5.41, 5.74) is -0.279. The van der Waals surface area contributed by atoms with Crippen LogP contribution in [-0.4, -0.2) is 28.7 Å².